The van der Waals surface area contributed by atoms with Crippen LogP contribution in [0, 0.1) is 13.8 Å². The van der Waals surface area contributed by atoms with Crippen LogP contribution < -0.4 is 5.73 Å². The number of nitrogens with zero attached hydrogens (tertiary/aromatic N) is 3. The molecule has 0 aliphatic carbocycles. The summed E-state index contributed by atoms with van der Waals surface area (Å²) in [4.78, 5) is 0. The van der Waals surface area contributed by atoms with E-state index in [-0.39, 0.29) is 6.04 Å². The third kappa shape index (κ3) is 2.91. The highest BCUT2D eigenvalue weighted by Crippen LogP contribution is 2.24. The lowest BCUT2D eigenvalue weighted by Gasteiger charge is -2.14. The van der Waals surface area contributed by atoms with Crippen LogP contribution in [0.3, 0.4) is 0 Å². The van der Waals surface area contributed by atoms with Gasteiger partial charge in [0.15, 0.2) is 5.16 Å². The maximum Gasteiger partial charge on any atom is 0.190 e. The van der Waals surface area contributed by atoms with E-state index in [0.29, 0.717) is 0 Å². The van der Waals surface area contributed by atoms with Gasteiger partial charge in [0.05, 0.1) is 0 Å². The van der Waals surface area contributed by atoms with Crippen molar-refractivity contribution in [1.82, 2.24) is 14.8 Å². The molecule has 2 N–H and O–H groups in total. The molecule has 1 unspecified atom stereocenters. The number of nitrogens with two attached hydrogens (primary N) is 1. The van der Waals surface area contributed by atoms with Crippen molar-refractivity contribution >= 4 is 11.8 Å². The van der Waals surface area contributed by atoms with Crippen LogP contribution in [0.4, 0.5) is 0 Å². The first kappa shape index (κ1) is 13.1. The van der Waals surface area contributed by atoms with Gasteiger partial charge in [-0.15, -0.1) is 10.2 Å². The van der Waals surface area contributed by atoms with Crippen LogP contribution in [0.25, 0.3) is 0 Å². The lowest BCUT2D eigenvalue weighted by Crippen LogP contribution is -2.15. The zero-order chi connectivity index (χ0) is 13.1. The van der Waals surface area contributed by atoms with E-state index in [1.165, 1.54) is 16.7 Å². The van der Waals surface area contributed by atoms with Crippen LogP contribution in [-0.4, -0.2) is 20.5 Å². The van der Waals surface area contributed by atoms with Gasteiger partial charge in [0.2, 0.25) is 0 Å². The Labute approximate surface area is 112 Å². The van der Waals surface area contributed by atoms with Crippen LogP contribution in [0.2, 0.25) is 0 Å². The molecule has 18 heavy (non-hydrogen) atoms. The molecule has 1 aromatic heterocycles. The highest BCUT2D eigenvalue weighted by molar-refractivity contribution is 7.99. The minimum absolute atomic E-state index is 0.0200. The first-order chi connectivity index (χ1) is 8.58. The van der Waals surface area contributed by atoms with Crippen molar-refractivity contribution in [1.29, 1.82) is 0 Å². The molecule has 0 fully saturated rings. The third-order valence-electron chi connectivity index (χ3n) is 2.90. The number of aromatic nitrogens is 3. The predicted octanol–water partition coefficient (Wildman–Crippen LogP) is 2.22. The standard InChI is InChI=1S/C13H18N4S/c1-9-4-5-10(2)11(6-9)12(14)7-18-13-16-15-8-17(13)3/h4-6,8,12H,7,14H2,1-3H3. The summed E-state index contributed by atoms with van der Waals surface area (Å²) in [6, 6.07) is 6.42. The summed E-state index contributed by atoms with van der Waals surface area (Å²) >= 11 is 1.64. The van der Waals surface area contributed by atoms with Crippen molar-refractivity contribution < 1.29 is 0 Å². The molecule has 0 radical (unpaired) electrons. The van der Waals surface area contributed by atoms with Gasteiger partial charge in [-0.05, 0) is 25.0 Å². The monoisotopic (exact) mass is 262 g/mol. The van der Waals surface area contributed by atoms with Crippen LogP contribution >= 0.6 is 11.8 Å². The van der Waals surface area contributed by atoms with Gasteiger partial charge in [-0.2, -0.15) is 0 Å². The SMILES string of the molecule is Cc1ccc(C)c(C(N)CSc2nncn2C)c1. The van der Waals surface area contributed by atoms with E-state index in [0.717, 1.165) is 10.9 Å². The summed E-state index contributed by atoms with van der Waals surface area (Å²) in [7, 11) is 1.94. The van der Waals surface area contributed by atoms with E-state index in [2.05, 4.69) is 42.2 Å². The molecule has 2 aromatic rings. The number of aryl methyl sites for hydroxylation is 3. The Bertz CT molecular complexity index is 536. The number of thioether (sulfide) groups is 1. The molecule has 0 bridgehead atoms. The molecule has 0 amide bonds. The molecule has 0 spiro atoms. The fraction of sp³-hybridized carbons (Fsp3) is 0.385. The smallest absolute Gasteiger partial charge is 0.190 e. The van der Waals surface area contributed by atoms with Crippen molar-refractivity contribution in [2.45, 2.75) is 25.0 Å². The summed E-state index contributed by atoms with van der Waals surface area (Å²) in [5.41, 5.74) is 9.95. The van der Waals surface area contributed by atoms with Gasteiger partial charge in [0.25, 0.3) is 0 Å². The van der Waals surface area contributed by atoms with Crippen LogP contribution in [-0.2, 0) is 7.05 Å². The summed E-state index contributed by atoms with van der Waals surface area (Å²) in [5.74, 6) is 0.802. The minimum atomic E-state index is 0.0200. The number of hydrogen-bond donors (Lipinski definition) is 1. The van der Waals surface area contributed by atoms with Crippen molar-refractivity contribution in [3.8, 4) is 0 Å². The summed E-state index contributed by atoms with van der Waals surface area (Å²) < 4.78 is 1.90. The molecule has 0 aliphatic rings. The van der Waals surface area contributed by atoms with Crippen molar-refractivity contribution in [3.05, 3.63) is 41.2 Å². The normalized spacial score (nSPS) is 12.7. The highest BCUT2D eigenvalue weighted by atomic mass is 32.2. The van der Waals surface area contributed by atoms with Gasteiger partial charge in [0.1, 0.15) is 6.33 Å². The molecule has 2 rings (SSSR count). The van der Waals surface area contributed by atoms with E-state index in [4.69, 9.17) is 5.73 Å². The topological polar surface area (TPSA) is 56.7 Å². The van der Waals surface area contributed by atoms with Crippen molar-refractivity contribution in [2.75, 3.05) is 5.75 Å². The van der Waals surface area contributed by atoms with Gasteiger partial charge in [-0.1, -0.05) is 35.5 Å². The van der Waals surface area contributed by atoms with Gasteiger partial charge in [0, 0.05) is 18.8 Å². The molecular weight excluding hydrogens is 244 g/mol. The molecule has 0 saturated heterocycles. The minimum Gasteiger partial charge on any atom is -0.323 e. The van der Waals surface area contributed by atoms with E-state index >= 15 is 0 Å². The van der Waals surface area contributed by atoms with Crippen LogP contribution in [0.1, 0.15) is 22.7 Å². The van der Waals surface area contributed by atoms with E-state index in [9.17, 15) is 0 Å². The Kier molecular flexibility index (Phi) is 4.04. The maximum atomic E-state index is 6.25. The predicted molar refractivity (Wildman–Crippen MR) is 74.6 cm³/mol. The third-order valence-corrected chi connectivity index (χ3v) is 4.05. The number of hydrogen-bond acceptors (Lipinski definition) is 4. The molecule has 1 atom stereocenters. The molecule has 1 aromatic carbocycles. The molecule has 1 heterocycles. The number of benzene rings is 1. The largest absolute Gasteiger partial charge is 0.323 e. The first-order valence-corrected chi connectivity index (χ1v) is 6.86. The van der Waals surface area contributed by atoms with E-state index < -0.39 is 0 Å². The fourth-order valence-electron chi connectivity index (χ4n) is 1.82. The maximum absolute atomic E-state index is 6.25. The quantitative estimate of drug-likeness (QED) is 0.858. The molecule has 4 nitrogen and oxygen atoms in total. The fourth-order valence-corrected chi connectivity index (χ4v) is 2.68. The van der Waals surface area contributed by atoms with Crippen LogP contribution in [0.15, 0.2) is 29.7 Å². The molecule has 0 aliphatic heterocycles. The average Bonchev–Trinajstić information content (AvgIpc) is 2.75. The van der Waals surface area contributed by atoms with Gasteiger partial charge in [-0.3, -0.25) is 0 Å². The second-order valence-corrected chi connectivity index (χ2v) is 5.49. The van der Waals surface area contributed by atoms with E-state index in [1.807, 2.05) is 11.6 Å². The van der Waals surface area contributed by atoms with Crippen molar-refractivity contribution in [3.63, 3.8) is 0 Å². The zero-order valence-corrected chi connectivity index (χ0v) is 11.7. The van der Waals surface area contributed by atoms with Gasteiger partial charge >= 0.3 is 0 Å². The Hall–Kier alpha value is -1.33. The Morgan fingerprint density at radius 3 is 2.83 bits per heavy atom. The van der Waals surface area contributed by atoms with Crippen LogP contribution in [0.5, 0.6) is 0 Å². The molecule has 5 heteroatoms. The first-order valence-electron chi connectivity index (χ1n) is 5.87. The second-order valence-electron chi connectivity index (χ2n) is 4.50. The zero-order valence-electron chi connectivity index (χ0n) is 10.9. The Balaban J connectivity index is 2.06. The Morgan fingerprint density at radius 2 is 2.17 bits per heavy atom. The molecule has 0 saturated carbocycles. The second kappa shape index (κ2) is 5.54. The average molecular weight is 262 g/mol. The summed E-state index contributed by atoms with van der Waals surface area (Å²) in [5, 5.41) is 8.80. The molecular formula is C13H18N4S. The highest BCUT2D eigenvalue weighted by Gasteiger charge is 2.11. The van der Waals surface area contributed by atoms with E-state index in [1.54, 1.807) is 18.1 Å². The van der Waals surface area contributed by atoms with Crippen molar-refractivity contribution in [2.24, 2.45) is 12.8 Å². The van der Waals surface area contributed by atoms with Gasteiger partial charge < -0.3 is 10.3 Å². The molecule has 96 valence electrons. The lowest BCUT2D eigenvalue weighted by atomic mass is 10.0. The Morgan fingerprint density at radius 1 is 1.39 bits per heavy atom. The van der Waals surface area contributed by atoms with Gasteiger partial charge in [-0.25, -0.2) is 0 Å². The summed E-state index contributed by atoms with van der Waals surface area (Å²) in [6.07, 6.45) is 1.70. The lowest BCUT2D eigenvalue weighted by molar-refractivity contribution is 0.776. The summed E-state index contributed by atoms with van der Waals surface area (Å²) in [6.45, 7) is 4.19. The number of rotatable bonds is 4.